The highest BCUT2D eigenvalue weighted by molar-refractivity contribution is 5.95. The molecule has 11 heteroatoms. The first-order chi connectivity index (χ1) is 24.2. The lowest BCUT2D eigenvalue weighted by molar-refractivity contribution is -0.133. The van der Waals surface area contributed by atoms with Crippen molar-refractivity contribution in [3.63, 3.8) is 0 Å². The average molecular weight is 682 g/mol. The molecule has 4 heterocycles. The molecule has 266 valence electrons. The van der Waals surface area contributed by atoms with Gasteiger partial charge in [0.25, 0.3) is 0 Å². The lowest BCUT2D eigenvalue weighted by Crippen LogP contribution is -2.48. The quantitative estimate of drug-likeness (QED) is 0.200. The summed E-state index contributed by atoms with van der Waals surface area (Å²) in [5.41, 5.74) is 4.62. The van der Waals surface area contributed by atoms with E-state index in [1.54, 1.807) is 19.5 Å². The number of carbonyl (C=O) groups is 2. The number of rotatable bonds is 12. The van der Waals surface area contributed by atoms with Crippen LogP contribution in [0.4, 0.5) is 5.69 Å². The summed E-state index contributed by atoms with van der Waals surface area (Å²) in [6.45, 7) is 5.73. The van der Waals surface area contributed by atoms with E-state index in [1.807, 2.05) is 64.3 Å². The number of hydrogen-bond donors (Lipinski definition) is 0. The minimum absolute atomic E-state index is 0.0694. The lowest BCUT2D eigenvalue weighted by atomic mass is 9.84. The van der Waals surface area contributed by atoms with Crippen molar-refractivity contribution in [2.75, 3.05) is 58.9 Å². The molecule has 0 N–H and O–H groups in total. The molecule has 6 rings (SSSR count). The van der Waals surface area contributed by atoms with E-state index in [1.165, 1.54) is 0 Å². The molecule has 50 heavy (non-hydrogen) atoms. The Morgan fingerprint density at radius 1 is 1.00 bits per heavy atom. The molecule has 4 aromatic rings. The Kier molecular flexibility index (Phi) is 11.4. The normalized spacial score (nSPS) is 21.0. The van der Waals surface area contributed by atoms with Gasteiger partial charge in [0, 0.05) is 68.6 Å². The van der Waals surface area contributed by atoms with Gasteiger partial charge in [0.15, 0.2) is 0 Å². The Hall–Kier alpha value is -4.35. The highest BCUT2D eigenvalue weighted by atomic mass is 16.5. The number of para-hydroxylation sites is 1. The van der Waals surface area contributed by atoms with Crippen LogP contribution in [0.3, 0.4) is 0 Å². The molecule has 1 saturated carbocycles. The largest absolute Gasteiger partial charge is 0.481 e. The Labute approximate surface area is 295 Å². The van der Waals surface area contributed by atoms with Crippen LogP contribution >= 0.6 is 0 Å². The summed E-state index contributed by atoms with van der Waals surface area (Å²) in [6.07, 6.45) is 11.9. The number of methoxy groups -OCH3 is 1. The maximum Gasteiger partial charge on any atom is 0.230 e. The maximum atomic E-state index is 14.5. The van der Waals surface area contributed by atoms with Gasteiger partial charge in [-0.1, -0.05) is 25.1 Å². The van der Waals surface area contributed by atoms with Crippen molar-refractivity contribution in [2.24, 2.45) is 24.8 Å². The van der Waals surface area contributed by atoms with Gasteiger partial charge in [0.1, 0.15) is 0 Å². The number of hydrogen-bond acceptors (Lipinski definition) is 8. The Bertz CT molecular complexity index is 1770. The smallest absolute Gasteiger partial charge is 0.230 e. The van der Waals surface area contributed by atoms with Crippen molar-refractivity contribution in [3.05, 3.63) is 66.7 Å². The molecule has 2 aliphatic rings. The molecule has 2 fully saturated rings. The van der Waals surface area contributed by atoms with Crippen LogP contribution in [-0.4, -0.2) is 101 Å². The molecule has 1 aliphatic heterocycles. The number of likely N-dealkylation sites (N-methyl/N-ethyl adjacent to an activating group) is 1. The van der Waals surface area contributed by atoms with Crippen LogP contribution in [0.1, 0.15) is 44.6 Å². The molecular formula is C39H51N7O4. The van der Waals surface area contributed by atoms with Crippen LogP contribution in [0.15, 0.2) is 61.2 Å². The molecule has 3 aromatic heterocycles. The second kappa shape index (κ2) is 16.1. The van der Waals surface area contributed by atoms with Gasteiger partial charge in [-0.3, -0.25) is 19.3 Å². The highest BCUT2D eigenvalue weighted by Crippen LogP contribution is 2.34. The summed E-state index contributed by atoms with van der Waals surface area (Å²) in [4.78, 5) is 43.0. The van der Waals surface area contributed by atoms with E-state index in [4.69, 9.17) is 9.47 Å². The lowest BCUT2D eigenvalue weighted by Gasteiger charge is -2.40. The van der Waals surface area contributed by atoms with Crippen molar-refractivity contribution in [1.82, 2.24) is 29.5 Å². The summed E-state index contributed by atoms with van der Waals surface area (Å²) in [5, 5.41) is 5.43. The Morgan fingerprint density at radius 3 is 2.58 bits per heavy atom. The number of likely N-dealkylation sites (tertiary alicyclic amines) is 1. The summed E-state index contributed by atoms with van der Waals surface area (Å²) in [5.74, 6) is 1.19. The molecule has 0 radical (unpaired) electrons. The first kappa shape index (κ1) is 35.5. The van der Waals surface area contributed by atoms with Crippen LogP contribution in [-0.2, 0) is 27.8 Å². The topological polar surface area (TPSA) is 106 Å². The number of benzene rings is 1. The number of aromatic nitrogens is 4. The molecule has 2 unspecified atom stereocenters. The molecular weight excluding hydrogens is 630 g/mol. The molecule has 11 nitrogen and oxygen atoms in total. The number of aryl methyl sites for hydroxylation is 1. The predicted molar refractivity (Wildman–Crippen MR) is 195 cm³/mol. The number of amides is 2. The summed E-state index contributed by atoms with van der Waals surface area (Å²) < 4.78 is 13.4. The number of anilines is 1. The zero-order valence-electron chi connectivity index (χ0n) is 30.1. The number of piperidine rings is 1. The second-order valence-electron chi connectivity index (χ2n) is 14.3. The fourth-order valence-electron chi connectivity index (χ4n) is 7.52. The van der Waals surface area contributed by atoms with Crippen LogP contribution in [0.5, 0.6) is 5.88 Å². The SMILES string of the molecule is COc1cc(-c2cncc(N(CC3CCN(C(=O)Cc4cccc5cnn(C)c45)CC3C)C(=O)C3CCC(OCCN(C)C)CC3)c2)ccn1. The molecule has 2 amide bonds. The van der Waals surface area contributed by atoms with E-state index in [0.29, 0.717) is 38.5 Å². The maximum absolute atomic E-state index is 14.5. The fourth-order valence-corrected chi connectivity index (χ4v) is 7.52. The predicted octanol–water partition coefficient (Wildman–Crippen LogP) is 5.24. The summed E-state index contributed by atoms with van der Waals surface area (Å²) in [6, 6.07) is 11.9. The van der Waals surface area contributed by atoms with E-state index in [0.717, 1.165) is 71.9 Å². The monoisotopic (exact) mass is 681 g/mol. The van der Waals surface area contributed by atoms with Crippen molar-refractivity contribution < 1.29 is 19.1 Å². The first-order valence-electron chi connectivity index (χ1n) is 17.9. The molecule has 2 atom stereocenters. The summed E-state index contributed by atoms with van der Waals surface area (Å²) >= 11 is 0. The van der Waals surface area contributed by atoms with E-state index in [2.05, 4.69) is 47.1 Å². The van der Waals surface area contributed by atoms with E-state index >= 15 is 0 Å². The van der Waals surface area contributed by atoms with Crippen LogP contribution in [0, 0.1) is 17.8 Å². The summed E-state index contributed by atoms with van der Waals surface area (Å²) in [7, 11) is 7.62. The van der Waals surface area contributed by atoms with Crippen LogP contribution < -0.4 is 9.64 Å². The molecule has 1 saturated heterocycles. The zero-order chi connectivity index (χ0) is 35.2. The number of carbonyl (C=O) groups excluding carboxylic acids is 2. The first-order valence-corrected chi connectivity index (χ1v) is 17.9. The van der Waals surface area contributed by atoms with E-state index in [-0.39, 0.29) is 35.7 Å². The average Bonchev–Trinajstić information content (AvgIpc) is 3.52. The Balaban J connectivity index is 1.17. The fraction of sp³-hybridized carbons (Fsp3) is 0.513. The van der Waals surface area contributed by atoms with Gasteiger partial charge in [0.2, 0.25) is 17.7 Å². The number of nitrogens with zero attached hydrogens (tertiary/aromatic N) is 7. The van der Waals surface area contributed by atoms with Gasteiger partial charge < -0.3 is 24.2 Å². The number of fused-ring (bicyclic) bond motifs is 1. The third-order valence-electron chi connectivity index (χ3n) is 10.5. The number of pyridine rings is 2. The van der Waals surface area contributed by atoms with E-state index in [9.17, 15) is 9.59 Å². The van der Waals surface area contributed by atoms with Crippen molar-refractivity contribution in [1.29, 1.82) is 0 Å². The third-order valence-corrected chi connectivity index (χ3v) is 10.5. The Morgan fingerprint density at radius 2 is 1.82 bits per heavy atom. The van der Waals surface area contributed by atoms with Gasteiger partial charge in [-0.15, -0.1) is 0 Å². The highest BCUT2D eigenvalue weighted by Gasteiger charge is 2.35. The van der Waals surface area contributed by atoms with Gasteiger partial charge in [-0.25, -0.2) is 4.98 Å². The van der Waals surface area contributed by atoms with Gasteiger partial charge in [-0.05, 0) is 81.3 Å². The standard InChI is InChI=1S/C39H51N7O4/c1-27-25-45(37(47)21-30-7-6-8-31-23-42-44(4)38(30)31)16-14-32(27)26-46(39(48)28-9-11-35(12-10-28)50-18-17-43(2)3)34-19-33(22-40-24-34)29-13-15-41-36(20-29)49-5/h6-8,13,15,19-20,22-24,27-28,32,35H,9-12,14,16-18,21,25-26H2,1-5H3. The molecule has 1 aliphatic carbocycles. The minimum Gasteiger partial charge on any atom is -0.481 e. The van der Waals surface area contributed by atoms with Crippen LogP contribution in [0.25, 0.3) is 22.0 Å². The van der Waals surface area contributed by atoms with Crippen LogP contribution in [0.2, 0.25) is 0 Å². The van der Waals surface area contributed by atoms with Crippen molar-refractivity contribution >= 4 is 28.4 Å². The molecule has 0 spiro atoms. The van der Waals surface area contributed by atoms with Gasteiger partial charge in [0.05, 0.1) is 49.8 Å². The molecule has 1 aromatic carbocycles. The zero-order valence-corrected chi connectivity index (χ0v) is 30.1. The third kappa shape index (κ3) is 8.33. The minimum atomic E-state index is -0.0694. The van der Waals surface area contributed by atoms with Gasteiger partial charge >= 0.3 is 0 Å². The molecule has 0 bridgehead atoms. The van der Waals surface area contributed by atoms with Crippen molar-refractivity contribution in [2.45, 2.75) is 51.6 Å². The van der Waals surface area contributed by atoms with E-state index < -0.39 is 0 Å². The van der Waals surface area contributed by atoms with Crippen molar-refractivity contribution in [3.8, 4) is 17.0 Å². The second-order valence-corrected chi connectivity index (χ2v) is 14.3. The number of ether oxygens (including phenoxy) is 2. The van der Waals surface area contributed by atoms with Gasteiger partial charge in [-0.2, -0.15) is 5.10 Å².